The van der Waals surface area contributed by atoms with Gasteiger partial charge in [-0.2, -0.15) is 0 Å². The Bertz CT molecular complexity index is 939. The number of hydrogen-bond donors (Lipinski definition) is 1. The van der Waals surface area contributed by atoms with E-state index in [1.165, 1.54) is 0 Å². The first-order valence-corrected chi connectivity index (χ1v) is 8.91. The molecule has 3 rings (SSSR count). The number of carbonyl (C=O) groups is 1. The lowest BCUT2D eigenvalue weighted by Gasteiger charge is -2.21. The quantitative estimate of drug-likeness (QED) is 0.693. The molecule has 0 amide bonds. The maximum atomic E-state index is 11.9. The first-order chi connectivity index (χ1) is 13.0. The summed E-state index contributed by atoms with van der Waals surface area (Å²) in [7, 11) is 3.61. The molecular weight excluding hydrogens is 340 g/mol. The summed E-state index contributed by atoms with van der Waals surface area (Å²) in [6.07, 6.45) is 0.802. The van der Waals surface area contributed by atoms with Gasteiger partial charge in [-0.05, 0) is 43.3 Å². The average molecular weight is 364 g/mol. The van der Waals surface area contributed by atoms with E-state index in [9.17, 15) is 4.79 Å². The van der Waals surface area contributed by atoms with Gasteiger partial charge in [0.05, 0.1) is 18.7 Å². The number of hydrogen-bond acceptors (Lipinski definition) is 6. The van der Waals surface area contributed by atoms with Gasteiger partial charge in [0.15, 0.2) is 0 Å². The van der Waals surface area contributed by atoms with E-state index in [-0.39, 0.29) is 5.78 Å². The number of fused-ring (bicyclic) bond motifs is 1. The fourth-order valence-electron chi connectivity index (χ4n) is 2.86. The van der Waals surface area contributed by atoms with Crippen LogP contribution in [0.2, 0.25) is 0 Å². The highest BCUT2D eigenvalue weighted by Gasteiger charge is 2.15. The Hall–Kier alpha value is -2.99. The largest absolute Gasteiger partial charge is 0.497 e. The molecule has 0 aliphatic rings. The van der Waals surface area contributed by atoms with Gasteiger partial charge >= 0.3 is 0 Å². The van der Waals surface area contributed by atoms with Gasteiger partial charge in [-0.25, -0.2) is 9.97 Å². The Kier molecular flexibility index (Phi) is 5.66. The molecule has 0 bridgehead atoms. The number of rotatable bonds is 7. The molecule has 1 aromatic heterocycles. The van der Waals surface area contributed by atoms with Crippen LogP contribution in [0.25, 0.3) is 10.9 Å². The number of anilines is 2. The van der Waals surface area contributed by atoms with Crippen LogP contribution in [0.5, 0.6) is 5.75 Å². The zero-order valence-corrected chi connectivity index (χ0v) is 15.8. The zero-order chi connectivity index (χ0) is 19.4. The molecule has 1 atom stereocenters. The molecule has 6 nitrogen and oxygen atoms in total. The van der Waals surface area contributed by atoms with E-state index in [2.05, 4.69) is 4.98 Å². The van der Waals surface area contributed by atoms with Gasteiger partial charge in [0.25, 0.3) is 0 Å². The van der Waals surface area contributed by atoms with Crippen LogP contribution >= 0.6 is 0 Å². The lowest BCUT2D eigenvalue weighted by molar-refractivity contribution is -0.119. The van der Waals surface area contributed by atoms with Gasteiger partial charge < -0.3 is 15.4 Å². The standard InChI is InChI=1S/C21H24N4O2/c1-14(22)19(26)12-13-20-23-18-7-5-4-6-17(18)21(24-20)25(2)15-8-10-16(27-3)11-9-15/h4-11,14H,12-13,22H2,1-3H3/t14-/m0/s1. The van der Waals surface area contributed by atoms with Crippen molar-refractivity contribution in [2.24, 2.45) is 5.73 Å². The minimum atomic E-state index is -0.466. The van der Waals surface area contributed by atoms with Crippen molar-refractivity contribution >= 4 is 28.2 Å². The van der Waals surface area contributed by atoms with E-state index < -0.39 is 6.04 Å². The highest BCUT2D eigenvalue weighted by Crippen LogP contribution is 2.30. The molecule has 1 heterocycles. The second-order valence-corrected chi connectivity index (χ2v) is 6.49. The molecule has 3 aromatic rings. The summed E-state index contributed by atoms with van der Waals surface area (Å²) < 4.78 is 5.23. The normalized spacial score (nSPS) is 12.0. The Balaban J connectivity index is 1.97. The molecule has 0 fully saturated rings. The maximum absolute atomic E-state index is 11.9. The molecule has 140 valence electrons. The lowest BCUT2D eigenvalue weighted by atomic mass is 10.1. The van der Waals surface area contributed by atoms with Crippen LogP contribution in [-0.2, 0) is 11.2 Å². The fraction of sp³-hybridized carbons (Fsp3) is 0.286. The molecule has 27 heavy (non-hydrogen) atoms. The number of Topliss-reactive ketones (excluding diaryl/α,β-unsaturated/α-hetero) is 1. The van der Waals surface area contributed by atoms with Gasteiger partial charge in [0, 0.05) is 31.0 Å². The van der Waals surface area contributed by atoms with Crippen LogP contribution in [0.1, 0.15) is 19.2 Å². The Morgan fingerprint density at radius 3 is 2.52 bits per heavy atom. The second kappa shape index (κ2) is 8.14. The predicted molar refractivity (Wildman–Crippen MR) is 108 cm³/mol. The van der Waals surface area contributed by atoms with Gasteiger partial charge in [0.2, 0.25) is 0 Å². The van der Waals surface area contributed by atoms with Crippen LogP contribution < -0.4 is 15.4 Å². The minimum Gasteiger partial charge on any atom is -0.497 e. The summed E-state index contributed by atoms with van der Waals surface area (Å²) in [5, 5.41) is 0.957. The zero-order valence-electron chi connectivity index (χ0n) is 15.8. The second-order valence-electron chi connectivity index (χ2n) is 6.49. The number of para-hydroxylation sites is 1. The van der Waals surface area contributed by atoms with Crippen molar-refractivity contribution < 1.29 is 9.53 Å². The molecule has 0 radical (unpaired) electrons. The third-order valence-electron chi connectivity index (χ3n) is 4.51. The molecule has 0 saturated heterocycles. The number of carbonyl (C=O) groups excluding carboxylic acids is 1. The first kappa shape index (κ1) is 18.8. The van der Waals surface area contributed by atoms with Crippen LogP contribution in [0.4, 0.5) is 11.5 Å². The summed E-state index contributed by atoms with van der Waals surface area (Å²) in [5.41, 5.74) is 7.50. The van der Waals surface area contributed by atoms with Gasteiger partial charge in [-0.1, -0.05) is 12.1 Å². The highest BCUT2D eigenvalue weighted by atomic mass is 16.5. The summed E-state index contributed by atoms with van der Waals surface area (Å²) in [5.74, 6) is 2.25. The van der Waals surface area contributed by atoms with E-state index in [1.54, 1.807) is 14.0 Å². The third kappa shape index (κ3) is 4.23. The SMILES string of the molecule is COc1ccc(N(C)c2nc(CCC(=O)[C@H](C)N)nc3ccccc23)cc1. The number of aryl methyl sites for hydroxylation is 1. The van der Waals surface area contributed by atoms with Crippen LogP contribution in [0.15, 0.2) is 48.5 Å². The number of methoxy groups -OCH3 is 1. The van der Waals surface area contributed by atoms with Crippen LogP contribution in [-0.4, -0.2) is 36.0 Å². The van der Waals surface area contributed by atoms with Crippen LogP contribution in [0, 0.1) is 0 Å². The van der Waals surface area contributed by atoms with Crippen molar-refractivity contribution in [2.45, 2.75) is 25.8 Å². The van der Waals surface area contributed by atoms with Crippen molar-refractivity contribution in [1.29, 1.82) is 0 Å². The van der Waals surface area contributed by atoms with Crippen LogP contribution in [0.3, 0.4) is 0 Å². The molecule has 6 heteroatoms. The van der Waals surface area contributed by atoms with E-state index in [1.807, 2.05) is 60.5 Å². The lowest BCUT2D eigenvalue weighted by Crippen LogP contribution is -2.27. The van der Waals surface area contributed by atoms with Crippen molar-refractivity contribution in [2.75, 3.05) is 19.1 Å². The van der Waals surface area contributed by atoms with E-state index in [0.717, 1.165) is 28.2 Å². The smallest absolute Gasteiger partial charge is 0.149 e. The Morgan fingerprint density at radius 2 is 1.85 bits per heavy atom. The molecule has 2 aromatic carbocycles. The summed E-state index contributed by atoms with van der Waals surface area (Å²) in [4.78, 5) is 23.3. The molecular formula is C21H24N4O2. The highest BCUT2D eigenvalue weighted by molar-refractivity contribution is 5.91. The number of ether oxygens (including phenoxy) is 1. The van der Waals surface area contributed by atoms with Gasteiger partial charge in [0.1, 0.15) is 23.2 Å². The minimum absolute atomic E-state index is 0.0109. The monoisotopic (exact) mass is 364 g/mol. The number of benzene rings is 2. The van der Waals surface area contributed by atoms with Gasteiger partial charge in [-0.15, -0.1) is 0 Å². The van der Waals surface area contributed by atoms with Gasteiger partial charge in [-0.3, -0.25) is 4.79 Å². The third-order valence-corrected chi connectivity index (χ3v) is 4.51. The first-order valence-electron chi connectivity index (χ1n) is 8.91. The summed E-state index contributed by atoms with van der Waals surface area (Å²) in [6, 6.07) is 15.2. The van der Waals surface area contributed by atoms with Crippen molar-refractivity contribution in [3.63, 3.8) is 0 Å². The van der Waals surface area contributed by atoms with E-state index >= 15 is 0 Å². The molecule has 0 saturated carbocycles. The maximum Gasteiger partial charge on any atom is 0.149 e. The molecule has 2 N–H and O–H groups in total. The van der Waals surface area contributed by atoms with E-state index in [0.29, 0.717) is 18.7 Å². The molecule has 0 spiro atoms. The molecule has 0 aliphatic carbocycles. The van der Waals surface area contributed by atoms with Crippen molar-refractivity contribution in [3.8, 4) is 5.75 Å². The van der Waals surface area contributed by atoms with Crippen molar-refractivity contribution in [3.05, 3.63) is 54.4 Å². The molecule has 0 aliphatic heterocycles. The van der Waals surface area contributed by atoms with E-state index in [4.69, 9.17) is 15.5 Å². The number of aromatic nitrogens is 2. The fourth-order valence-corrected chi connectivity index (χ4v) is 2.86. The Labute approximate surface area is 159 Å². The Morgan fingerprint density at radius 1 is 1.15 bits per heavy atom. The topological polar surface area (TPSA) is 81.3 Å². The van der Waals surface area contributed by atoms with Crippen molar-refractivity contribution in [1.82, 2.24) is 9.97 Å². The summed E-state index contributed by atoms with van der Waals surface area (Å²) >= 11 is 0. The predicted octanol–water partition coefficient (Wildman–Crippen LogP) is 3.26. The number of nitrogens with two attached hydrogens (primary N) is 1. The number of nitrogens with zero attached hydrogens (tertiary/aromatic N) is 3. The number of ketones is 1. The molecule has 0 unspecified atom stereocenters. The summed E-state index contributed by atoms with van der Waals surface area (Å²) in [6.45, 7) is 1.70. The average Bonchev–Trinajstić information content (AvgIpc) is 2.70.